The number of carbonyl (C=O) groups is 2. The summed E-state index contributed by atoms with van der Waals surface area (Å²) in [5, 5.41) is 1.69. The Kier molecular flexibility index (Phi) is 5.69. The smallest absolute Gasteiger partial charge is 0.339 e. The molecule has 34 heavy (non-hydrogen) atoms. The third-order valence-corrected chi connectivity index (χ3v) is 6.28. The number of benzene rings is 2. The number of cyclic esters (lactones) is 1. The van der Waals surface area contributed by atoms with Crippen LogP contribution < -0.4 is 14.4 Å². The third kappa shape index (κ3) is 3.57. The Morgan fingerprint density at radius 3 is 2.56 bits per heavy atom. The number of esters is 2. The van der Waals surface area contributed by atoms with Crippen molar-refractivity contribution in [2.24, 2.45) is 0 Å². The number of anilines is 1. The minimum atomic E-state index is -0.390. The zero-order valence-corrected chi connectivity index (χ0v) is 19.3. The van der Waals surface area contributed by atoms with Gasteiger partial charge in [-0.2, -0.15) is 0 Å². The fourth-order valence-corrected chi connectivity index (χ4v) is 4.74. The molecule has 5 rings (SSSR count). The molecule has 2 aromatic carbocycles. The lowest BCUT2D eigenvalue weighted by Gasteiger charge is -2.23. The first-order valence-corrected chi connectivity index (χ1v) is 11.2. The van der Waals surface area contributed by atoms with Crippen LogP contribution in [-0.4, -0.2) is 55.3 Å². The van der Waals surface area contributed by atoms with Gasteiger partial charge in [0.05, 0.1) is 26.4 Å². The van der Waals surface area contributed by atoms with E-state index >= 15 is 0 Å². The number of carbonyl (C=O) groups excluding carboxylic acids is 2. The van der Waals surface area contributed by atoms with E-state index in [9.17, 15) is 9.59 Å². The van der Waals surface area contributed by atoms with Gasteiger partial charge >= 0.3 is 11.9 Å². The first-order valence-electron chi connectivity index (χ1n) is 11.2. The van der Waals surface area contributed by atoms with Crippen LogP contribution in [0.5, 0.6) is 11.5 Å². The van der Waals surface area contributed by atoms with Crippen molar-refractivity contribution in [3.8, 4) is 22.6 Å². The molecule has 9 nitrogen and oxygen atoms in total. The summed E-state index contributed by atoms with van der Waals surface area (Å²) in [5.41, 5.74) is 2.65. The topological polar surface area (TPSA) is 100 Å². The van der Waals surface area contributed by atoms with E-state index in [2.05, 4.69) is 9.97 Å². The summed E-state index contributed by atoms with van der Waals surface area (Å²) < 4.78 is 21.5. The molecule has 176 valence electrons. The predicted octanol–water partition coefficient (Wildman–Crippen LogP) is 3.52. The van der Waals surface area contributed by atoms with Crippen LogP contribution >= 0.6 is 0 Å². The summed E-state index contributed by atoms with van der Waals surface area (Å²) in [6, 6.07) is 5.27. The maximum atomic E-state index is 12.7. The Morgan fingerprint density at radius 2 is 1.85 bits per heavy atom. The fraction of sp³-hybridized carbons (Fsp3) is 0.360. The van der Waals surface area contributed by atoms with Crippen LogP contribution in [0.4, 0.5) is 5.95 Å². The second-order valence-electron chi connectivity index (χ2n) is 8.17. The lowest BCUT2D eigenvalue weighted by molar-refractivity contribution is -0.144. The van der Waals surface area contributed by atoms with Crippen LogP contribution in [0.2, 0.25) is 0 Å². The zero-order chi connectivity index (χ0) is 23.8. The molecule has 1 aromatic heterocycles. The highest BCUT2D eigenvalue weighted by Gasteiger charge is 2.34. The molecule has 3 heterocycles. The largest absolute Gasteiger partial charge is 0.493 e. The van der Waals surface area contributed by atoms with Gasteiger partial charge in [0.2, 0.25) is 5.95 Å². The molecule has 2 aliphatic rings. The molecule has 1 saturated heterocycles. The number of methoxy groups -OCH3 is 2. The summed E-state index contributed by atoms with van der Waals surface area (Å²) in [6.07, 6.45) is 4.92. The van der Waals surface area contributed by atoms with Crippen molar-refractivity contribution >= 4 is 28.7 Å². The van der Waals surface area contributed by atoms with Crippen LogP contribution in [0.25, 0.3) is 21.9 Å². The van der Waals surface area contributed by atoms with Crippen molar-refractivity contribution in [2.45, 2.75) is 32.4 Å². The lowest BCUT2D eigenvalue weighted by atomic mass is 9.91. The van der Waals surface area contributed by atoms with E-state index in [0.717, 1.165) is 22.8 Å². The molecule has 0 N–H and O–H groups in total. The SMILES string of the molecule is CCOC(=O)[C@@H]1CCCN1c1ncc(-c2c3c(cc4cc(OC)c(OC)cc24)COC3=O)cn1. The molecule has 0 spiro atoms. The minimum Gasteiger partial charge on any atom is -0.493 e. The number of hydrogen-bond donors (Lipinski definition) is 0. The quantitative estimate of drug-likeness (QED) is 0.508. The van der Waals surface area contributed by atoms with E-state index in [4.69, 9.17) is 18.9 Å². The Balaban J connectivity index is 1.61. The molecule has 0 radical (unpaired) electrons. The fourth-order valence-electron chi connectivity index (χ4n) is 4.74. The molecule has 2 aliphatic heterocycles. The molecular weight excluding hydrogens is 438 g/mol. The van der Waals surface area contributed by atoms with E-state index in [-0.39, 0.29) is 24.6 Å². The Labute approximate surface area is 196 Å². The van der Waals surface area contributed by atoms with E-state index < -0.39 is 0 Å². The van der Waals surface area contributed by atoms with Gasteiger partial charge in [0, 0.05) is 35.6 Å². The maximum Gasteiger partial charge on any atom is 0.339 e. The molecular formula is C25H25N3O6. The third-order valence-electron chi connectivity index (χ3n) is 6.28. The first-order chi connectivity index (χ1) is 16.5. The molecule has 0 saturated carbocycles. The summed E-state index contributed by atoms with van der Waals surface area (Å²) in [7, 11) is 3.15. The number of rotatable bonds is 6. The number of ether oxygens (including phenoxy) is 4. The highest BCUT2D eigenvalue weighted by atomic mass is 16.5. The molecule has 9 heteroatoms. The van der Waals surface area contributed by atoms with Crippen molar-refractivity contribution in [3.05, 3.63) is 41.7 Å². The molecule has 1 fully saturated rings. The monoisotopic (exact) mass is 463 g/mol. The molecule has 3 aromatic rings. The molecule has 1 atom stereocenters. The minimum absolute atomic E-state index is 0.208. The Morgan fingerprint density at radius 1 is 1.12 bits per heavy atom. The summed E-state index contributed by atoms with van der Waals surface area (Å²) >= 11 is 0. The van der Waals surface area contributed by atoms with Crippen molar-refractivity contribution in [1.82, 2.24) is 9.97 Å². The normalized spacial score (nSPS) is 17.0. The van der Waals surface area contributed by atoms with Crippen molar-refractivity contribution in [3.63, 3.8) is 0 Å². The van der Waals surface area contributed by atoms with Crippen molar-refractivity contribution in [2.75, 3.05) is 32.3 Å². The van der Waals surface area contributed by atoms with Crippen molar-refractivity contribution < 1.29 is 28.5 Å². The summed E-state index contributed by atoms with van der Waals surface area (Å²) in [6.45, 7) is 3.01. The van der Waals surface area contributed by atoms with Gasteiger partial charge in [-0.05, 0) is 48.7 Å². The van der Waals surface area contributed by atoms with Crippen molar-refractivity contribution in [1.29, 1.82) is 0 Å². The standard InChI is InChI=1S/C25H25N3O6/c1-4-33-23(29)18-6-5-7-28(18)25-26-11-16(12-27-25)21-17-10-20(32-3)19(31-2)9-14(17)8-15-13-34-24(30)22(15)21/h8-12,18H,4-7,13H2,1-3H3/t18-/m0/s1. The van der Waals surface area contributed by atoms with Gasteiger partial charge in [-0.15, -0.1) is 0 Å². The highest BCUT2D eigenvalue weighted by molar-refractivity contribution is 6.11. The van der Waals surface area contributed by atoms with Gasteiger partial charge in [-0.3, -0.25) is 0 Å². The van der Waals surface area contributed by atoms with Crippen LogP contribution in [0.3, 0.4) is 0 Å². The van der Waals surface area contributed by atoms with Crippen LogP contribution in [0.15, 0.2) is 30.6 Å². The van der Waals surface area contributed by atoms with Crippen LogP contribution in [0, 0.1) is 0 Å². The lowest BCUT2D eigenvalue weighted by Crippen LogP contribution is -2.38. The van der Waals surface area contributed by atoms with E-state index in [1.54, 1.807) is 33.5 Å². The second-order valence-corrected chi connectivity index (χ2v) is 8.17. The molecule has 0 amide bonds. The number of aromatic nitrogens is 2. The van der Waals surface area contributed by atoms with Crippen LogP contribution in [-0.2, 0) is 20.9 Å². The average molecular weight is 463 g/mol. The highest BCUT2D eigenvalue weighted by Crippen LogP contribution is 2.42. The number of nitrogens with zero attached hydrogens (tertiary/aromatic N) is 3. The van der Waals surface area contributed by atoms with Gasteiger partial charge in [0.25, 0.3) is 0 Å². The Bertz CT molecular complexity index is 1270. The molecule has 0 bridgehead atoms. The van der Waals surface area contributed by atoms with E-state index in [1.165, 1.54) is 0 Å². The van der Waals surface area contributed by atoms with Gasteiger partial charge in [-0.1, -0.05) is 0 Å². The number of hydrogen-bond acceptors (Lipinski definition) is 9. The predicted molar refractivity (Wildman–Crippen MR) is 124 cm³/mol. The molecule has 0 unspecified atom stereocenters. The molecule has 0 aliphatic carbocycles. The van der Waals surface area contributed by atoms with Crippen LogP contribution in [0.1, 0.15) is 35.7 Å². The zero-order valence-electron chi connectivity index (χ0n) is 19.3. The summed E-state index contributed by atoms with van der Waals surface area (Å²) in [4.78, 5) is 36.0. The Hall–Kier alpha value is -3.88. The van der Waals surface area contributed by atoms with Gasteiger partial charge < -0.3 is 23.8 Å². The van der Waals surface area contributed by atoms with Gasteiger partial charge in [0.15, 0.2) is 11.5 Å². The second kappa shape index (κ2) is 8.81. The summed E-state index contributed by atoms with van der Waals surface area (Å²) in [5.74, 6) is 0.959. The first kappa shape index (κ1) is 21.9. The maximum absolute atomic E-state index is 12.7. The average Bonchev–Trinajstić information content (AvgIpc) is 3.49. The van der Waals surface area contributed by atoms with E-state index in [0.29, 0.717) is 53.7 Å². The van der Waals surface area contributed by atoms with Gasteiger partial charge in [-0.25, -0.2) is 19.6 Å². The van der Waals surface area contributed by atoms with Gasteiger partial charge in [0.1, 0.15) is 12.6 Å². The van der Waals surface area contributed by atoms with E-state index in [1.807, 2.05) is 23.1 Å². The number of fused-ring (bicyclic) bond motifs is 2.